The van der Waals surface area contributed by atoms with Crippen LogP contribution in [0.4, 0.5) is 4.39 Å². The van der Waals surface area contributed by atoms with Gasteiger partial charge in [-0.3, -0.25) is 0 Å². The summed E-state index contributed by atoms with van der Waals surface area (Å²) in [6, 6.07) is 4.37. The van der Waals surface area contributed by atoms with Gasteiger partial charge in [0.25, 0.3) is 0 Å². The molecule has 1 aromatic carbocycles. The SMILES string of the molecule is COC(=O)c1c(F)ccc(C)c1C#N. The van der Waals surface area contributed by atoms with Gasteiger partial charge < -0.3 is 4.74 Å². The highest BCUT2D eigenvalue weighted by atomic mass is 19.1. The fourth-order valence-corrected chi connectivity index (χ4v) is 1.13. The predicted molar refractivity (Wildman–Crippen MR) is 47.2 cm³/mol. The van der Waals surface area contributed by atoms with Gasteiger partial charge in [0.05, 0.1) is 12.7 Å². The monoisotopic (exact) mass is 193 g/mol. The van der Waals surface area contributed by atoms with Crippen molar-refractivity contribution in [3.8, 4) is 6.07 Å². The first kappa shape index (κ1) is 10.2. The minimum absolute atomic E-state index is 0.0249. The van der Waals surface area contributed by atoms with Gasteiger partial charge in [-0.25, -0.2) is 9.18 Å². The third-order valence-corrected chi connectivity index (χ3v) is 1.86. The van der Waals surface area contributed by atoms with Crippen LogP contribution in [0.3, 0.4) is 0 Å². The number of rotatable bonds is 1. The van der Waals surface area contributed by atoms with Gasteiger partial charge in [0.1, 0.15) is 17.4 Å². The number of benzene rings is 1. The van der Waals surface area contributed by atoms with E-state index in [4.69, 9.17) is 5.26 Å². The molecule has 72 valence electrons. The average Bonchev–Trinajstić information content (AvgIpc) is 2.19. The van der Waals surface area contributed by atoms with E-state index in [1.165, 1.54) is 6.07 Å². The van der Waals surface area contributed by atoms with Crippen molar-refractivity contribution >= 4 is 5.97 Å². The summed E-state index contributed by atoms with van der Waals surface area (Å²) in [4.78, 5) is 11.2. The summed E-state index contributed by atoms with van der Waals surface area (Å²) in [5.41, 5.74) is 0.279. The van der Waals surface area contributed by atoms with E-state index < -0.39 is 11.8 Å². The maximum absolute atomic E-state index is 13.2. The Bertz CT molecular complexity index is 421. The molecule has 0 unspecified atom stereocenters. The quantitative estimate of drug-likeness (QED) is 0.639. The van der Waals surface area contributed by atoms with Crippen molar-refractivity contribution < 1.29 is 13.9 Å². The molecule has 14 heavy (non-hydrogen) atoms. The number of esters is 1. The van der Waals surface area contributed by atoms with Crippen LogP contribution in [0.1, 0.15) is 21.5 Å². The lowest BCUT2D eigenvalue weighted by atomic mass is 10.0. The van der Waals surface area contributed by atoms with Crippen LogP contribution < -0.4 is 0 Å². The van der Waals surface area contributed by atoms with Crippen molar-refractivity contribution in [1.29, 1.82) is 5.26 Å². The lowest BCUT2D eigenvalue weighted by Crippen LogP contribution is -2.08. The van der Waals surface area contributed by atoms with Crippen LogP contribution in [-0.2, 0) is 4.74 Å². The minimum Gasteiger partial charge on any atom is -0.465 e. The van der Waals surface area contributed by atoms with Crippen LogP contribution in [0.25, 0.3) is 0 Å². The predicted octanol–water partition coefficient (Wildman–Crippen LogP) is 1.79. The highest BCUT2D eigenvalue weighted by Gasteiger charge is 2.18. The number of nitriles is 1. The van der Waals surface area contributed by atoms with Crippen molar-refractivity contribution in [2.75, 3.05) is 7.11 Å². The molecule has 0 radical (unpaired) electrons. The Balaban J connectivity index is 3.47. The van der Waals surface area contributed by atoms with Gasteiger partial charge >= 0.3 is 5.97 Å². The van der Waals surface area contributed by atoms with E-state index in [0.717, 1.165) is 13.2 Å². The molecule has 1 rings (SSSR count). The second kappa shape index (κ2) is 3.88. The number of nitrogens with zero attached hydrogens (tertiary/aromatic N) is 1. The number of methoxy groups -OCH3 is 1. The molecule has 4 heteroatoms. The maximum Gasteiger partial charge on any atom is 0.342 e. The number of carbonyl (C=O) groups is 1. The lowest BCUT2D eigenvalue weighted by Gasteiger charge is -2.05. The van der Waals surface area contributed by atoms with Crippen molar-refractivity contribution in [3.63, 3.8) is 0 Å². The van der Waals surface area contributed by atoms with Crippen molar-refractivity contribution in [2.24, 2.45) is 0 Å². The molecule has 0 aromatic heterocycles. The molecule has 0 aliphatic carbocycles. The standard InChI is InChI=1S/C10H8FNO2/c1-6-3-4-8(11)9(7(6)5-12)10(13)14-2/h3-4H,1-2H3. The van der Waals surface area contributed by atoms with Crippen LogP contribution in [0, 0.1) is 24.1 Å². The van der Waals surface area contributed by atoms with E-state index in [1.54, 1.807) is 13.0 Å². The zero-order chi connectivity index (χ0) is 10.7. The van der Waals surface area contributed by atoms with Crippen LogP contribution in [0.2, 0.25) is 0 Å². The molecule has 0 heterocycles. The average molecular weight is 193 g/mol. The van der Waals surface area contributed by atoms with Crippen LogP contribution in [-0.4, -0.2) is 13.1 Å². The van der Waals surface area contributed by atoms with E-state index in [0.29, 0.717) is 5.56 Å². The van der Waals surface area contributed by atoms with Gasteiger partial charge in [0, 0.05) is 0 Å². The molecule has 0 amide bonds. The topological polar surface area (TPSA) is 50.1 Å². The Morgan fingerprint density at radius 2 is 2.21 bits per heavy atom. The number of hydrogen-bond donors (Lipinski definition) is 0. The lowest BCUT2D eigenvalue weighted by molar-refractivity contribution is 0.0595. The van der Waals surface area contributed by atoms with Gasteiger partial charge in [-0.05, 0) is 18.6 Å². The Labute approximate surface area is 80.7 Å². The second-order valence-corrected chi connectivity index (χ2v) is 2.72. The third kappa shape index (κ3) is 1.57. The van der Waals surface area contributed by atoms with Gasteiger partial charge in [-0.15, -0.1) is 0 Å². The fraction of sp³-hybridized carbons (Fsp3) is 0.200. The van der Waals surface area contributed by atoms with E-state index in [1.807, 2.05) is 0 Å². The largest absolute Gasteiger partial charge is 0.465 e. The van der Waals surface area contributed by atoms with E-state index >= 15 is 0 Å². The molecule has 3 nitrogen and oxygen atoms in total. The molecule has 0 saturated carbocycles. The molecule has 0 aliphatic rings. The van der Waals surface area contributed by atoms with Crippen molar-refractivity contribution in [3.05, 3.63) is 34.6 Å². The van der Waals surface area contributed by atoms with Gasteiger partial charge in [-0.1, -0.05) is 6.07 Å². The summed E-state index contributed by atoms with van der Waals surface area (Å²) in [5, 5.41) is 8.74. The number of halogens is 1. The minimum atomic E-state index is -0.831. The summed E-state index contributed by atoms with van der Waals surface area (Å²) in [6.45, 7) is 1.63. The summed E-state index contributed by atoms with van der Waals surface area (Å²) in [6.07, 6.45) is 0. The first-order valence-electron chi connectivity index (χ1n) is 3.89. The molecule has 1 aromatic rings. The summed E-state index contributed by atoms with van der Waals surface area (Å²) < 4.78 is 17.6. The van der Waals surface area contributed by atoms with Gasteiger partial charge in [0.2, 0.25) is 0 Å². The Morgan fingerprint density at radius 3 is 2.71 bits per heavy atom. The Kier molecular flexibility index (Phi) is 2.82. The first-order chi connectivity index (χ1) is 6.61. The van der Waals surface area contributed by atoms with Crippen molar-refractivity contribution in [1.82, 2.24) is 0 Å². The Hall–Kier alpha value is -1.89. The number of carbonyl (C=O) groups excluding carboxylic acids is 1. The van der Waals surface area contributed by atoms with E-state index in [2.05, 4.69) is 4.74 Å². The first-order valence-corrected chi connectivity index (χ1v) is 3.89. The molecule has 0 N–H and O–H groups in total. The molecule has 0 saturated heterocycles. The van der Waals surface area contributed by atoms with Crippen LogP contribution in [0.5, 0.6) is 0 Å². The molecule has 0 aliphatic heterocycles. The van der Waals surface area contributed by atoms with E-state index in [9.17, 15) is 9.18 Å². The van der Waals surface area contributed by atoms with Crippen LogP contribution >= 0.6 is 0 Å². The highest BCUT2D eigenvalue weighted by molar-refractivity contribution is 5.92. The number of aryl methyl sites for hydroxylation is 1. The third-order valence-electron chi connectivity index (χ3n) is 1.86. The summed E-state index contributed by atoms with van der Waals surface area (Å²) in [5.74, 6) is -1.57. The fourth-order valence-electron chi connectivity index (χ4n) is 1.13. The molecule has 0 atom stereocenters. The molecule has 0 bridgehead atoms. The van der Waals surface area contributed by atoms with Crippen LogP contribution in [0.15, 0.2) is 12.1 Å². The van der Waals surface area contributed by atoms with Crippen molar-refractivity contribution in [2.45, 2.75) is 6.92 Å². The van der Waals surface area contributed by atoms with E-state index in [-0.39, 0.29) is 11.1 Å². The summed E-state index contributed by atoms with van der Waals surface area (Å²) in [7, 11) is 1.14. The molecular weight excluding hydrogens is 185 g/mol. The second-order valence-electron chi connectivity index (χ2n) is 2.72. The normalized spacial score (nSPS) is 9.29. The molecular formula is C10H8FNO2. The molecule has 0 fully saturated rings. The van der Waals surface area contributed by atoms with Gasteiger partial charge in [0.15, 0.2) is 0 Å². The number of ether oxygens (including phenoxy) is 1. The highest BCUT2D eigenvalue weighted by Crippen LogP contribution is 2.17. The zero-order valence-electron chi connectivity index (χ0n) is 7.80. The molecule has 0 spiro atoms. The Morgan fingerprint density at radius 1 is 1.57 bits per heavy atom. The maximum atomic E-state index is 13.2. The zero-order valence-corrected chi connectivity index (χ0v) is 7.80. The number of hydrogen-bond acceptors (Lipinski definition) is 3. The summed E-state index contributed by atoms with van der Waals surface area (Å²) >= 11 is 0. The van der Waals surface area contributed by atoms with Gasteiger partial charge in [-0.2, -0.15) is 5.26 Å². The smallest absolute Gasteiger partial charge is 0.342 e.